The minimum Gasteiger partial charge on any atom is -0.481 e. The van der Waals surface area contributed by atoms with Crippen molar-refractivity contribution in [3.05, 3.63) is 81.1 Å². The van der Waals surface area contributed by atoms with Gasteiger partial charge < -0.3 is 10.0 Å². The molecule has 1 amide bonds. The second-order valence-corrected chi connectivity index (χ2v) is 9.85. The fourth-order valence-electron chi connectivity index (χ4n) is 4.59. The van der Waals surface area contributed by atoms with E-state index in [1.54, 1.807) is 0 Å². The molecular formula is C25H20Cl2F4N4O4. The van der Waals surface area contributed by atoms with E-state index in [1.807, 2.05) is 0 Å². The van der Waals surface area contributed by atoms with Crippen molar-refractivity contribution in [1.29, 1.82) is 0 Å². The minimum absolute atomic E-state index is 0.0788. The zero-order valence-corrected chi connectivity index (χ0v) is 21.5. The number of halogens is 6. The molecule has 2 aromatic heterocycles. The summed E-state index contributed by atoms with van der Waals surface area (Å²) in [4.78, 5) is 42.7. The molecule has 1 aliphatic rings. The predicted molar refractivity (Wildman–Crippen MR) is 131 cm³/mol. The number of carboxylic acids is 1. The van der Waals surface area contributed by atoms with Crippen LogP contribution in [0.15, 0.2) is 42.9 Å². The summed E-state index contributed by atoms with van der Waals surface area (Å²) >= 11 is 12.1. The second-order valence-electron chi connectivity index (χ2n) is 9.04. The fourth-order valence-corrected chi connectivity index (χ4v) is 5.17. The van der Waals surface area contributed by atoms with Crippen LogP contribution in [0, 0.1) is 11.7 Å². The molecule has 1 N–H and O–H groups in total. The lowest BCUT2D eigenvalue weighted by atomic mass is 10.1. The number of aromatic nitrogens is 3. The van der Waals surface area contributed by atoms with E-state index in [9.17, 15) is 37.1 Å². The molecule has 0 saturated heterocycles. The molecule has 3 aromatic rings. The number of carbonyl (C=O) groups is 3. The van der Waals surface area contributed by atoms with E-state index >= 15 is 0 Å². The number of rotatable bonds is 8. The van der Waals surface area contributed by atoms with E-state index in [-0.39, 0.29) is 41.4 Å². The first-order valence-electron chi connectivity index (χ1n) is 11.6. The molecule has 206 valence electrons. The average molecular weight is 587 g/mol. The van der Waals surface area contributed by atoms with Crippen LogP contribution in [0.25, 0.3) is 0 Å². The number of hydrogen-bond acceptors (Lipinski definition) is 5. The summed E-state index contributed by atoms with van der Waals surface area (Å²) in [6, 6.07) is 3.98. The lowest BCUT2D eigenvalue weighted by molar-refractivity contribution is -0.145. The number of hydrogen-bond donors (Lipinski definition) is 1. The van der Waals surface area contributed by atoms with Crippen molar-refractivity contribution in [3.8, 4) is 0 Å². The summed E-state index contributed by atoms with van der Waals surface area (Å²) in [5.74, 6) is -4.45. The maximum Gasteiger partial charge on any atom is 0.433 e. The number of aliphatic carboxylic acids is 1. The maximum atomic E-state index is 14.3. The summed E-state index contributed by atoms with van der Waals surface area (Å²) in [6.07, 6.45) is -1.73. The van der Waals surface area contributed by atoms with Gasteiger partial charge in [-0.25, -0.2) is 4.39 Å². The Labute approximate surface area is 229 Å². The van der Waals surface area contributed by atoms with Crippen molar-refractivity contribution in [3.63, 3.8) is 0 Å². The number of pyridine rings is 1. The zero-order valence-electron chi connectivity index (χ0n) is 20.0. The van der Waals surface area contributed by atoms with E-state index in [4.69, 9.17) is 23.2 Å². The number of carbonyl (C=O) groups excluding carboxylic acids is 2. The van der Waals surface area contributed by atoms with Crippen LogP contribution in [-0.2, 0) is 17.5 Å². The minimum atomic E-state index is -5.02. The topological polar surface area (TPSA) is 105 Å². The van der Waals surface area contributed by atoms with Crippen LogP contribution in [0.5, 0.6) is 0 Å². The molecule has 8 nitrogen and oxygen atoms in total. The number of alkyl halides is 3. The molecule has 2 atom stereocenters. The summed E-state index contributed by atoms with van der Waals surface area (Å²) in [5.41, 5.74) is -1.99. The summed E-state index contributed by atoms with van der Waals surface area (Å²) in [5, 5.41) is 12.9. The molecule has 2 heterocycles. The van der Waals surface area contributed by atoms with Crippen molar-refractivity contribution < 1.29 is 37.1 Å². The highest BCUT2D eigenvalue weighted by atomic mass is 35.5. The average Bonchev–Trinajstić information content (AvgIpc) is 3.52. The Morgan fingerprint density at radius 1 is 1.05 bits per heavy atom. The van der Waals surface area contributed by atoms with Gasteiger partial charge in [0, 0.05) is 18.9 Å². The lowest BCUT2D eigenvalue weighted by Gasteiger charge is -2.24. The Morgan fingerprint density at radius 3 is 2.26 bits per heavy atom. The predicted octanol–water partition coefficient (Wildman–Crippen LogP) is 5.69. The first-order chi connectivity index (χ1) is 18.4. The first-order valence-corrected chi connectivity index (χ1v) is 12.4. The molecule has 1 aliphatic carbocycles. The molecule has 0 radical (unpaired) electrons. The monoisotopic (exact) mass is 586 g/mol. The third-order valence-corrected chi connectivity index (χ3v) is 7.01. The van der Waals surface area contributed by atoms with E-state index in [0.29, 0.717) is 10.2 Å². The van der Waals surface area contributed by atoms with Crippen molar-refractivity contribution in [2.45, 2.75) is 38.0 Å². The van der Waals surface area contributed by atoms with Crippen LogP contribution in [0.4, 0.5) is 17.6 Å². The highest BCUT2D eigenvalue weighted by Crippen LogP contribution is 2.40. The summed E-state index contributed by atoms with van der Waals surface area (Å²) in [7, 11) is 0. The number of benzene rings is 1. The van der Waals surface area contributed by atoms with Gasteiger partial charge in [-0.05, 0) is 37.0 Å². The smallest absolute Gasteiger partial charge is 0.433 e. The molecule has 0 bridgehead atoms. The summed E-state index contributed by atoms with van der Waals surface area (Å²) < 4.78 is 56.9. The molecule has 14 heteroatoms. The normalized spacial score (nSPS) is 17.3. The first kappa shape index (κ1) is 28.5. The van der Waals surface area contributed by atoms with Gasteiger partial charge in [0.15, 0.2) is 11.5 Å². The van der Waals surface area contributed by atoms with Gasteiger partial charge in [0.05, 0.1) is 45.9 Å². The Balaban J connectivity index is 1.72. The Morgan fingerprint density at radius 2 is 1.69 bits per heavy atom. The highest BCUT2D eigenvalue weighted by molar-refractivity contribution is 6.39. The SMILES string of the molecule is O=C(CN(Cc1ccc(F)cc1)C(=O)c1cnn([C@H]2CC[C@H](C(=O)O)C2)c1C(F)(F)F)c1c(Cl)cncc1Cl. The molecule has 0 unspecified atom stereocenters. The van der Waals surface area contributed by atoms with Gasteiger partial charge in [-0.2, -0.15) is 18.3 Å². The van der Waals surface area contributed by atoms with E-state index in [0.717, 1.165) is 35.6 Å². The van der Waals surface area contributed by atoms with Gasteiger partial charge in [-0.1, -0.05) is 35.3 Å². The van der Waals surface area contributed by atoms with Gasteiger partial charge in [-0.3, -0.25) is 24.0 Å². The highest BCUT2D eigenvalue weighted by Gasteiger charge is 2.44. The van der Waals surface area contributed by atoms with E-state index < -0.39 is 59.4 Å². The third kappa shape index (κ3) is 6.22. The summed E-state index contributed by atoms with van der Waals surface area (Å²) in [6.45, 7) is -1.06. The van der Waals surface area contributed by atoms with Crippen LogP contribution in [0.1, 0.15) is 57.3 Å². The number of ketones is 1. The number of Topliss-reactive ketones (excluding diaryl/α,β-unsaturated/α-hetero) is 1. The van der Waals surface area contributed by atoms with Crippen molar-refractivity contribution in [2.75, 3.05) is 6.54 Å². The van der Waals surface area contributed by atoms with Crippen LogP contribution in [-0.4, -0.2) is 49.0 Å². The Hall–Kier alpha value is -3.51. The van der Waals surface area contributed by atoms with Crippen LogP contribution in [0.2, 0.25) is 10.0 Å². The van der Waals surface area contributed by atoms with Gasteiger partial charge in [-0.15, -0.1) is 0 Å². The number of amides is 1. The Kier molecular flexibility index (Phi) is 8.26. The molecular weight excluding hydrogens is 567 g/mol. The van der Waals surface area contributed by atoms with Crippen LogP contribution < -0.4 is 0 Å². The maximum absolute atomic E-state index is 14.3. The van der Waals surface area contributed by atoms with Gasteiger partial charge in [0.25, 0.3) is 5.91 Å². The molecule has 39 heavy (non-hydrogen) atoms. The van der Waals surface area contributed by atoms with Gasteiger partial charge in [0.1, 0.15) is 5.82 Å². The van der Waals surface area contributed by atoms with E-state index in [1.165, 1.54) is 12.1 Å². The van der Waals surface area contributed by atoms with Gasteiger partial charge in [0.2, 0.25) is 0 Å². The quantitative estimate of drug-likeness (QED) is 0.268. The zero-order chi connectivity index (χ0) is 28.5. The lowest BCUT2D eigenvalue weighted by Crippen LogP contribution is -2.36. The fraction of sp³-hybridized carbons (Fsp3) is 0.320. The second kappa shape index (κ2) is 11.3. The number of nitrogens with zero attached hydrogens (tertiary/aromatic N) is 4. The van der Waals surface area contributed by atoms with Gasteiger partial charge >= 0.3 is 12.1 Å². The third-order valence-electron chi connectivity index (χ3n) is 6.44. The molecule has 0 spiro atoms. The van der Waals surface area contributed by atoms with E-state index in [2.05, 4.69) is 10.1 Å². The van der Waals surface area contributed by atoms with Crippen LogP contribution >= 0.6 is 23.2 Å². The molecule has 1 aromatic carbocycles. The van der Waals surface area contributed by atoms with Crippen molar-refractivity contribution in [1.82, 2.24) is 19.7 Å². The molecule has 1 fully saturated rings. The largest absolute Gasteiger partial charge is 0.481 e. The Bertz CT molecular complexity index is 1390. The molecule has 0 aliphatic heterocycles. The molecule has 1 saturated carbocycles. The van der Waals surface area contributed by atoms with Crippen molar-refractivity contribution >= 4 is 40.9 Å². The standard InChI is InChI=1S/C25H20Cl2F4N4O4/c26-18-9-32-10-19(27)21(18)20(36)12-34(11-13-1-4-15(28)5-2-13)23(37)17-8-33-35(22(17)25(29,30)31)16-6-3-14(7-16)24(38)39/h1-2,4-5,8-10,14,16H,3,6-7,11-12H2,(H,38,39)/t14-,16-/m0/s1. The number of carboxylic acid groups (broad SMARTS) is 1. The molecule has 4 rings (SSSR count). The van der Waals surface area contributed by atoms with Crippen molar-refractivity contribution in [2.24, 2.45) is 5.92 Å². The van der Waals surface area contributed by atoms with Crippen LogP contribution in [0.3, 0.4) is 0 Å².